The van der Waals surface area contributed by atoms with E-state index in [0.717, 1.165) is 68.5 Å². The number of hydrogen-bond donors (Lipinski definition) is 1. The lowest BCUT2D eigenvalue weighted by molar-refractivity contribution is -0.137. The number of nitrogens with zero attached hydrogens (tertiary/aromatic N) is 3. The molecule has 3 heterocycles. The van der Waals surface area contributed by atoms with Gasteiger partial charge in [0.15, 0.2) is 17.3 Å². The number of carbonyl (C=O) groups excluding carboxylic acids is 1. The summed E-state index contributed by atoms with van der Waals surface area (Å²) >= 11 is 0. The second kappa shape index (κ2) is 25.9. The van der Waals surface area contributed by atoms with Crippen LogP contribution in [0.1, 0.15) is 96.3 Å². The number of aliphatic hydroxyl groups excluding tert-OH is 1. The SMILES string of the molecule is CC.CC1CCCOC1.CC[C@H](C[C@H](C)C=O)OC(C)=NC.CO.Cc1ccc(C(F)(F)F)cc1.Cc1nc(C(F)F)nc2c1oc1ccccc12. The maximum Gasteiger partial charge on any atom is 0.416 e. The first kappa shape index (κ1) is 48.0. The van der Waals surface area contributed by atoms with Crippen LogP contribution in [0.4, 0.5) is 22.0 Å². The van der Waals surface area contributed by atoms with Crippen LogP contribution in [0.15, 0.2) is 57.9 Å². The summed E-state index contributed by atoms with van der Waals surface area (Å²) in [6.07, 6.45) is -1.51. The molecule has 2 aromatic heterocycles. The van der Waals surface area contributed by atoms with Crippen LogP contribution in [-0.4, -0.2) is 60.7 Å². The van der Waals surface area contributed by atoms with Crippen LogP contribution in [0.25, 0.3) is 22.1 Å². The van der Waals surface area contributed by atoms with E-state index in [-0.39, 0.29) is 12.0 Å². The van der Waals surface area contributed by atoms with Gasteiger partial charge >= 0.3 is 6.18 Å². The smallest absolute Gasteiger partial charge is 0.416 e. The minimum Gasteiger partial charge on any atom is -0.478 e. The Labute approximate surface area is 304 Å². The van der Waals surface area contributed by atoms with Crippen molar-refractivity contribution in [2.24, 2.45) is 16.8 Å². The van der Waals surface area contributed by atoms with Crippen molar-refractivity contribution in [2.75, 3.05) is 27.4 Å². The minimum atomic E-state index is -4.21. The molecule has 13 heteroatoms. The highest BCUT2D eigenvalue weighted by atomic mass is 19.4. The second-order valence-corrected chi connectivity index (χ2v) is 11.7. The number of aromatic nitrogens is 2. The molecule has 1 fully saturated rings. The Bertz CT molecular complexity index is 1570. The van der Waals surface area contributed by atoms with Gasteiger partial charge in [-0.1, -0.05) is 64.4 Å². The summed E-state index contributed by atoms with van der Waals surface area (Å²) < 4.78 is 77.3. The van der Waals surface area contributed by atoms with E-state index in [2.05, 4.69) is 21.9 Å². The first-order valence-corrected chi connectivity index (χ1v) is 17.4. The van der Waals surface area contributed by atoms with Crippen molar-refractivity contribution in [1.29, 1.82) is 0 Å². The van der Waals surface area contributed by atoms with E-state index in [1.54, 1.807) is 33.0 Å². The molecule has 0 saturated carbocycles. The van der Waals surface area contributed by atoms with Gasteiger partial charge in [-0.15, -0.1) is 0 Å². The summed E-state index contributed by atoms with van der Waals surface area (Å²) in [5.41, 5.74) is 2.22. The number of halogens is 5. The molecular formula is C39H56F5N3O5. The summed E-state index contributed by atoms with van der Waals surface area (Å²) in [5.74, 6) is 1.11. The van der Waals surface area contributed by atoms with E-state index < -0.39 is 24.0 Å². The van der Waals surface area contributed by atoms with Crippen LogP contribution in [0, 0.1) is 25.7 Å². The number of aliphatic imine (C=N–C) groups is 1. The molecule has 1 unspecified atom stereocenters. The first-order chi connectivity index (χ1) is 24.7. The van der Waals surface area contributed by atoms with Crippen LogP contribution < -0.4 is 0 Å². The molecule has 0 aliphatic carbocycles. The van der Waals surface area contributed by atoms with Gasteiger partial charge in [0.1, 0.15) is 23.5 Å². The Balaban J connectivity index is 0.000000670. The Hall–Kier alpha value is -3.97. The number of aliphatic hydroxyl groups is 1. The number of hydrogen-bond acceptors (Lipinski definition) is 8. The maximum atomic E-state index is 12.6. The highest BCUT2D eigenvalue weighted by molar-refractivity contribution is 6.02. The lowest BCUT2D eigenvalue weighted by Crippen LogP contribution is -2.19. The van der Waals surface area contributed by atoms with Crippen molar-refractivity contribution in [3.8, 4) is 0 Å². The molecule has 1 aliphatic heterocycles. The molecule has 0 bridgehead atoms. The maximum absolute atomic E-state index is 12.6. The van der Waals surface area contributed by atoms with Crippen LogP contribution in [-0.2, 0) is 20.4 Å². The van der Waals surface area contributed by atoms with E-state index in [0.29, 0.717) is 28.3 Å². The fourth-order valence-electron chi connectivity index (χ4n) is 4.55. The highest BCUT2D eigenvalue weighted by Crippen LogP contribution is 2.30. The Morgan fingerprint density at radius 1 is 1.08 bits per heavy atom. The molecule has 4 aromatic rings. The van der Waals surface area contributed by atoms with Gasteiger partial charge in [-0.25, -0.2) is 18.7 Å². The minimum absolute atomic E-state index is 0.0645. The standard InChI is InChI=1S/C12H8F2N2O.C10H19NO2.C8H7F3.C6H12O.C2H6.CH4O/c1-6-10-9(16-12(15-6)11(13)14)7-4-2-3-5-8(7)17-10;1-5-10(6-8(2)7-12)13-9(3)11-4;1-6-2-4-7(5-3-6)8(9,10)11;1-6-3-2-4-7-5-6;2*1-2/h2-5,11H,1H3;7-8,10H,5-6H2,1-4H3;2-5H,1H3;6H,2-5H2,1H3;1-2H3;2H,1H3/t;8-,10+;;;;/m.0..../s1. The number of furan rings is 1. The van der Waals surface area contributed by atoms with Gasteiger partial charge in [-0.2, -0.15) is 13.2 Å². The largest absolute Gasteiger partial charge is 0.478 e. The normalized spacial score (nSPS) is 15.1. The van der Waals surface area contributed by atoms with E-state index in [1.807, 2.05) is 46.8 Å². The van der Waals surface area contributed by atoms with Gasteiger partial charge in [-0.3, -0.25) is 4.99 Å². The molecule has 8 nitrogen and oxygen atoms in total. The van der Waals surface area contributed by atoms with Gasteiger partial charge < -0.3 is 23.8 Å². The van der Waals surface area contributed by atoms with Crippen molar-refractivity contribution in [3.63, 3.8) is 0 Å². The summed E-state index contributed by atoms with van der Waals surface area (Å²) in [6.45, 7) is 17.4. The summed E-state index contributed by atoms with van der Waals surface area (Å²) in [4.78, 5) is 22.0. The monoisotopic (exact) mass is 741 g/mol. The fraction of sp³-hybridized carbons (Fsp3) is 0.538. The quantitative estimate of drug-likeness (QED) is 0.0907. The van der Waals surface area contributed by atoms with Crippen LogP contribution in [0.5, 0.6) is 0 Å². The zero-order valence-corrected chi connectivity index (χ0v) is 32.1. The molecule has 2 aromatic carbocycles. The number of carbonyl (C=O) groups is 1. The van der Waals surface area contributed by atoms with Gasteiger partial charge in [0, 0.05) is 45.6 Å². The molecular weight excluding hydrogens is 685 g/mol. The van der Waals surface area contributed by atoms with Crippen molar-refractivity contribution in [1.82, 2.24) is 9.97 Å². The summed E-state index contributed by atoms with van der Waals surface area (Å²) in [5, 5.41) is 7.73. The molecule has 0 radical (unpaired) electrons. The third-order valence-electron chi connectivity index (χ3n) is 7.34. The van der Waals surface area contributed by atoms with Gasteiger partial charge in [-0.05, 0) is 69.7 Å². The Morgan fingerprint density at radius 3 is 2.15 bits per heavy atom. The summed E-state index contributed by atoms with van der Waals surface area (Å²) in [6, 6.07) is 12.3. The highest BCUT2D eigenvalue weighted by Gasteiger charge is 2.29. The lowest BCUT2D eigenvalue weighted by atomic mass is 10.0. The predicted molar refractivity (Wildman–Crippen MR) is 198 cm³/mol. The number of ether oxygens (including phenoxy) is 2. The number of alkyl halides is 5. The fourth-order valence-corrected chi connectivity index (χ4v) is 4.55. The molecule has 5 rings (SSSR count). The second-order valence-electron chi connectivity index (χ2n) is 11.7. The van der Waals surface area contributed by atoms with E-state index in [4.69, 9.17) is 19.0 Å². The van der Waals surface area contributed by atoms with Crippen molar-refractivity contribution in [3.05, 3.63) is 71.2 Å². The number of fused-ring (bicyclic) bond motifs is 3. The molecule has 1 aliphatic rings. The number of aldehydes is 1. The zero-order chi connectivity index (χ0) is 39.9. The predicted octanol–water partition coefficient (Wildman–Crippen LogP) is 10.8. The van der Waals surface area contributed by atoms with Crippen LogP contribution in [0.2, 0.25) is 0 Å². The molecule has 1 N–H and O–H groups in total. The zero-order valence-electron chi connectivity index (χ0n) is 32.1. The average molecular weight is 742 g/mol. The van der Waals surface area contributed by atoms with E-state index in [1.165, 1.54) is 25.0 Å². The van der Waals surface area contributed by atoms with Crippen molar-refractivity contribution < 1.29 is 45.7 Å². The molecule has 52 heavy (non-hydrogen) atoms. The van der Waals surface area contributed by atoms with Gasteiger partial charge in [0.25, 0.3) is 6.43 Å². The number of rotatable bonds is 6. The van der Waals surface area contributed by atoms with Crippen LogP contribution >= 0.6 is 0 Å². The van der Waals surface area contributed by atoms with Crippen molar-refractivity contribution >= 4 is 34.3 Å². The van der Waals surface area contributed by atoms with E-state index >= 15 is 0 Å². The van der Waals surface area contributed by atoms with Gasteiger partial charge in [0.05, 0.1) is 11.3 Å². The number of para-hydroxylation sites is 1. The molecule has 292 valence electrons. The molecule has 0 spiro atoms. The molecule has 3 atom stereocenters. The molecule has 1 saturated heterocycles. The van der Waals surface area contributed by atoms with Crippen molar-refractivity contribution in [2.45, 2.75) is 99.8 Å². The Kier molecular flexibility index (Phi) is 23.9. The summed E-state index contributed by atoms with van der Waals surface area (Å²) in [7, 11) is 2.70. The van der Waals surface area contributed by atoms with Gasteiger partial charge in [0.2, 0.25) is 0 Å². The lowest BCUT2D eigenvalue weighted by Gasteiger charge is -2.18. The number of benzene rings is 2. The third kappa shape index (κ3) is 17.5. The number of aryl methyl sites for hydroxylation is 2. The average Bonchev–Trinajstić information content (AvgIpc) is 3.53. The van der Waals surface area contributed by atoms with Crippen LogP contribution in [0.3, 0.4) is 0 Å². The first-order valence-electron chi connectivity index (χ1n) is 17.4. The molecule has 0 amide bonds. The Morgan fingerprint density at radius 2 is 1.69 bits per heavy atom. The topological polar surface area (TPSA) is 107 Å². The van der Waals surface area contributed by atoms with E-state index in [9.17, 15) is 26.7 Å². The third-order valence-corrected chi connectivity index (χ3v) is 7.34.